The van der Waals surface area contributed by atoms with Gasteiger partial charge in [-0.05, 0) is 24.6 Å². The van der Waals surface area contributed by atoms with Gasteiger partial charge in [-0.15, -0.1) is 0 Å². The van der Waals surface area contributed by atoms with Gasteiger partial charge in [-0.25, -0.2) is 9.69 Å². The van der Waals surface area contributed by atoms with Crippen molar-refractivity contribution in [2.75, 3.05) is 34.5 Å². The van der Waals surface area contributed by atoms with Gasteiger partial charge in [-0.2, -0.15) is 0 Å². The maximum atomic E-state index is 12.2. The number of ether oxygens (including phenoxy) is 2. The summed E-state index contributed by atoms with van der Waals surface area (Å²) >= 11 is 0. The average Bonchev–Trinajstić information content (AvgIpc) is 2.80. The van der Waals surface area contributed by atoms with Gasteiger partial charge in [-0.3, -0.25) is 14.5 Å². The van der Waals surface area contributed by atoms with Crippen molar-refractivity contribution in [3.05, 3.63) is 23.8 Å². The molecule has 1 heterocycles. The van der Waals surface area contributed by atoms with E-state index in [2.05, 4.69) is 0 Å². The molecule has 0 bridgehead atoms. The van der Waals surface area contributed by atoms with Crippen molar-refractivity contribution in [1.82, 2.24) is 9.80 Å². The standard InChI is InChI=1S/C17H23N3O5/c1-5-8-19-15(21)16(22)20(17(19)23)11-18(2)10-12-6-7-13(24-3)14(9-12)25-4/h6-7,9H,5,8,10-11H2,1-4H3/p+1. The molecule has 4 amide bonds. The summed E-state index contributed by atoms with van der Waals surface area (Å²) in [6.45, 7) is 2.79. The molecule has 1 fully saturated rings. The third-order valence-corrected chi connectivity index (χ3v) is 3.96. The fourth-order valence-corrected chi connectivity index (χ4v) is 2.78. The molecule has 136 valence electrons. The number of hydrogen-bond acceptors (Lipinski definition) is 5. The van der Waals surface area contributed by atoms with Crippen molar-refractivity contribution in [3.63, 3.8) is 0 Å². The first-order valence-electron chi connectivity index (χ1n) is 8.12. The molecule has 1 aliphatic heterocycles. The Morgan fingerprint density at radius 2 is 1.64 bits per heavy atom. The smallest absolute Gasteiger partial charge is 0.338 e. The van der Waals surface area contributed by atoms with Crippen molar-refractivity contribution in [2.45, 2.75) is 19.9 Å². The summed E-state index contributed by atoms with van der Waals surface area (Å²) in [7, 11) is 4.98. The Labute approximate surface area is 146 Å². The molecule has 1 atom stereocenters. The average molecular weight is 350 g/mol. The van der Waals surface area contributed by atoms with E-state index in [1.54, 1.807) is 20.3 Å². The minimum atomic E-state index is -0.759. The number of nitrogens with one attached hydrogen (secondary N) is 1. The van der Waals surface area contributed by atoms with E-state index in [4.69, 9.17) is 9.47 Å². The Hall–Kier alpha value is -2.61. The van der Waals surface area contributed by atoms with E-state index in [1.165, 1.54) is 0 Å². The fraction of sp³-hybridized carbons (Fsp3) is 0.471. The second-order valence-electron chi connectivity index (χ2n) is 5.95. The normalized spacial score (nSPS) is 15.8. The Kier molecular flexibility index (Phi) is 5.97. The van der Waals surface area contributed by atoms with Crippen LogP contribution in [0.2, 0.25) is 0 Å². The first-order chi connectivity index (χ1) is 11.9. The quantitative estimate of drug-likeness (QED) is 0.522. The predicted octanol–water partition coefficient (Wildman–Crippen LogP) is -0.123. The van der Waals surface area contributed by atoms with Crippen LogP contribution in [-0.4, -0.2) is 62.1 Å². The molecule has 1 saturated heterocycles. The topological polar surface area (TPSA) is 80.6 Å². The van der Waals surface area contributed by atoms with E-state index in [-0.39, 0.29) is 13.2 Å². The minimum absolute atomic E-state index is 0.123. The molecule has 1 aromatic carbocycles. The van der Waals surface area contributed by atoms with Crippen molar-refractivity contribution >= 4 is 17.8 Å². The number of imide groups is 2. The molecule has 1 aliphatic rings. The Morgan fingerprint density at radius 3 is 2.24 bits per heavy atom. The molecule has 0 aliphatic carbocycles. The molecular weight excluding hydrogens is 326 g/mol. The maximum Gasteiger partial charge on any atom is 0.338 e. The summed E-state index contributed by atoms with van der Waals surface area (Å²) in [5.41, 5.74) is 0.964. The van der Waals surface area contributed by atoms with E-state index < -0.39 is 17.8 Å². The molecule has 8 heteroatoms. The van der Waals surface area contributed by atoms with Crippen LogP contribution in [0.1, 0.15) is 18.9 Å². The van der Waals surface area contributed by atoms with E-state index in [1.807, 2.05) is 26.1 Å². The zero-order valence-corrected chi connectivity index (χ0v) is 15.0. The number of rotatable bonds is 8. The molecule has 0 spiro atoms. The van der Waals surface area contributed by atoms with Gasteiger partial charge < -0.3 is 14.4 Å². The highest BCUT2D eigenvalue weighted by Gasteiger charge is 2.45. The van der Waals surface area contributed by atoms with Crippen molar-refractivity contribution in [2.24, 2.45) is 0 Å². The second kappa shape index (κ2) is 7.98. The van der Waals surface area contributed by atoms with Gasteiger partial charge >= 0.3 is 17.8 Å². The van der Waals surface area contributed by atoms with Gasteiger partial charge in [0.25, 0.3) is 0 Å². The third kappa shape index (κ3) is 3.90. The minimum Gasteiger partial charge on any atom is -0.493 e. The van der Waals surface area contributed by atoms with Crippen LogP contribution in [0.5, 0.6) is 11.5 Å². The van der Waals surface area contributed by atoms with Crippen molar-refractivity contribution < 1.29 is 28.8 Å². The van der Waals surface area contributed by atoms with Gasteiger partial charge in [0.15, 0.2) is 18.2 Å². The monoisotopic (exact) mass is 350 g/mol. The van der Waals surface area contributed by atoms with Crippen LogP contribution in [0.15, 0.2) is 18.2 Å². The molecule has 8 nitrogen and oxygen atoms in total. The molecule has 1 N–H and O–H groups in total. The van der Waals surface area contributed by atoms with Crippen LogP contribution < -0.4 is 14.4 Å². The number of benzene rings is 1. The summed E-state index contributed by atoms with van der Waals surface area (Å²) in [4.78, 5) is 39.1. The van der Waals surface area contributed by atoms with Gasteiger partial charge in [0.1, 0.15) is 6.54 Å². The molecule has 1 unspecified atom stereocenters. The Morgan fingerprint density at radius 1 is 1.00 bits per heavy atom. The molecule has 2 rings (SSSR count). The van der Waals surface area contributed by atoms with E-state index in [0.29, 0.717) is 24.5 Å². The molecule has 1 aromatic rings. The largest absolute Gasteiger partial charge is 0.493 e. The van der Waals surface area contributed by atoms with Gasteiger partial charge in [0.05, 0.1) is 21.3 Å². The van der Waals surface area contributed by atoms with Crippen LogP contribution in [-0.2, 0) is 16.1 Å². The summed E-state index contributed by atoms with van der Waals surface area (Å²) in [5.74, 6) is -0.254. The number of hydrogen-bond donors (Lipinski definition) is 1. The van der Waals surface area contributed by atoms with Crippen LogP contribution in [0.4, 0.5) is 4.79 Å². The summed E-state index contributed by atoms with van der Waals surface area (Å²) < 4.78 is 10.5. The number of nitrogens with zero attached hydrogens (tertiary/aromatic N) is 2. The highest BCUT2D eigenvalue weighted by Crippen LogP contribution is 2.27. The molecule has 0 saturated carbocycles. The molecular formula is C17H24N3O5+. The van der Waals surface area contributed by atoms with E-state index in [0.717, 1.165) is 20.3 Å². The van der Waals surface area contributed by atoms with E-state index in [9.17, 15) is 14.4 Å². The highest BCUT2D eigenvalue weighted by atomic mass is 16.5. The SMILES string of the molecule is CCCN1C(=O)C(=O)N(C[NH+](C)Cc2ccc(OC)c(OC)c2)C1=O. The fourth-order valence-electron chi connectivity index (χ4n) is 2.78. The first kappa shape index (κ1) is 18.7. The first-order valence-corrected chi connectivity index (χ1v) is 8.12. The number of carbonyl (C=O) groups excluding carboxylic acids is 3. The van der Waals surface area contributed by atoms with Gasteiger partial charge in [0.2, 0.25) is 0 Å². The number of amides is 4. The predicted molar refractivity (Wildman–Crippen MR) is 89.2 cm³/mol. The van der Waals surface area contributed by atoms with Crippen molar-refractivity contribution in [3.8, 4) is 11.5 Å². The zero-order chi connectivity index (χ0) is 18.6. The van der Waals surface area contributed by atoms with Gasteiger partial charge in [-0.1, -0.05) is 6.92 Å². The summed E-state index contributed by atoms with van der Waals surface area (Å²) in [6, 6.07) is 5.01. The lowest BCUT2D eigenvalue weighted by molar-refractivity contribution is -0.901. The maximum absolute atomic E-state index is 12.2. The Balaban J connectivity index is 2.05. The Bertz CT molecular complexity index is 676. The van der Waals surface area contributed by atoms with Crippen LogP contribution in [0.25, 0.3) is 0 Å². The lowest BCUT2D eigenvalue weighted by Crippen LogP contribution is -3.09. The molecule has 0 aromatic heterocycles. The lowest BCUT2D eigenvalue weighted by atomic mass is 10.2. The van der Waals surface area contributed by atoms with Crippen molar-refractivity contribution in [1.29, 1.82) is 0 Å². The number of methoxy groups -OCH3 is 2. The lowest BCUT2D eigenvalue weighted by Gasteiger charge is -2.20. The zero-order valence-electron chi connectivity index (χ0n) is 15.0. The van der Waals surface area contributed by atoms with Crippen LogP contribution in [0.3, 0.4) is 0 Å². The van der Waals surface area contributed by atoms with Gasteiger partial charge in [0, 0.05) is 12.1 Å². The van der Waals surface area contributed by atoms with Crippen LogP contribution >= 0.6 is 0 Å². The number of carbonyl (C=O) groups is 3. The number of urea groups is 1. The summed E-state index contributed by atoms with van der Waals surface area (Å²) in [6.07, 6.45) is 0.618. The highest BCUT2D eigenvalue weighted by molar-refractivity contribution is 6.44. The summed E-state index contributed by atoms with van der Waals surface area (Å²) in [5, 5.41) is 0. The molecule has 0 radical (unpaired) electrons. The van der Waals surface area contributed by atoms with Crippen LogP contribution in [0, 0.1) is 0 Å². The van der Waals surface area contributed by atoms with E-state index >= 15 is 0 Å². The second-order valence-corrected chi connectivity index (χ2v) is 5.95. The molecule has 25 heavy (non-hydrogen) atoms. The third-order valence-electron chi connectivity index (χ3n) is 3.96. The number of quaternary nitrogens is 1.